The van der Waals surface area contributed by atoms with Crippen molar-refractivity contribution in [1.82, 2.24) is 30.6 Å². The lowest BCUT2D eigenvalue weighted by molar-refractivity contribution is -0.173. The highest BCUT2D eigenvalue weighted by atomic mass is 16.6. The van der Waals surface area contributed by atoms with Crippen molar-refractivity contribution in [2.75, 3.05) is 13.1 Å². The number of carbonyl (C=O) groups is 2. The van der Waals surface area contributed by atoms with Crippen LogP contribution in [-0.2, 0) is 25.6 Å². The van der Waals surface area contributed by atoms with Crippen LogP contribution in [0.5, 0.6) is 0 Å². The van der Waals surface area contributed by atoms with Crippen LogP contribution in [0.25, 0.3) is 11.4 Å². The monoisotopic (exact) mass is 646 g/mol. The first-order valence-electron chi connectivity index (χ1n) is 17.2. The third kappa shape index (κ3) is 10.0. The van der Waals surface area contributed by atoms with Crippen LogP contribution in [0, 0.1) is 36.2 Å². The van der Waals surface area contributed by atoms with Crippen molar-refractivity contribution < 1.29 is 19.1 Å². The number of aromatic nitrogens is 4. The van der Waals surface area contributed by atoms with E-state index in [1.54, 1.807) is 13.1 Å². The number of pyridine rings is 1. The Kier molecular flexibility index (Phi) is 14.7. The number of Topliss-reactive ketones (excluding diaryl/α,β-unsaturated/α-hetero) is 1. The largest absolute Gasteiger partial charge is 0.457 e. The van der Waals surface area contributed by atoms with Crippen LogP contribution >= 0.6 is 0 Å². The molecule has 1 aliphatic rings. The average molecular weight is 647 g/mol. The molecule has 3 rings (SSSR count). The minimum Gasteiger partial charge on any atom is -0.457 e. The van der Waals surface area contributed by atoms with E-state index in [-0.39, 0.29) is 35.5 Å². The first-order valence-corrected chi connectivity index (χ1v) is 17.2. The minimum absolute atomic E-state index is 0.0850. The maximum absolute atomic E-state index is 13.6. The van der Waals surface area contributed by atoms with Gasteiger partial charge in [-0.15, -0.1) is 11.7 Å². The summed E-state index contributed by atoms with van der Waals surface area (Å²) in [6.07, 6.45) is 17.0. The SMILES string of the molecule is B[C@H]1[C@@H](CC=C)C[C@@H](C)CN[C@H](C)[C@@H](NCCCCn2cc(-c3ccccn3)nn2)[C@](C)(OC#C)[C@@H](CC)OC(=O)[C@H](C)C(=O)[C@@H]1C. The molecule has 256 valence electrons. The van der Waals surface area contributed by atoms with Crippen LogP contribution in [-0.4, -0.2) is 76.5 Å². The zero-order valence-corrected chi connectivity index (χ0v) is 29.4. The molecule has 0 aromatic carbocycles. The lowest BCUT2D eigenvalue weighted by Crippen LogP contribution is -2.65. The number of unbranched alkanes of at least 4 members (excludes halogenated alkanes) is 1. The zero-order chi connectivity index (χ0) is 34.6. The molecule has 0 bridgehead atoms. The quantitative estimate of drug-likeness (QED) is 0.0923. The number of ether oxygens (including phenoxy) is 2. The number of carbonyl (C=O) groups excluding carboxylic acids is 2. The van der Waals surface area contributed by atoms with Crippen molar-refractivity contribution in [3.8, 4) is 23.9 Å². The summed E-state index contributed by atoms with van der Waals surface area (Å²) in [5.41, 5.74) is 0.455. The number of rotatable bonds is 11. The lowest BCUT2D eigenvalue weighted by atomic mass is 9.63. The Morgan fingerprint density at radius 1 is 1.26 bits per heavy atom. The highest BCUT2D eigenvalue weighted by Gasteiger charge is 2.48. The van der Waals surface area contributed by atoms with E-state index < -0.39 is 23.6 Å². The molecule has 9 atom stereocenters. The Labute approximate surface area is 282 Å². The summed E-state index contributed by atoms with van der Waals surface area (Å²) in [6, 6.07) is 5.32. The molecular formula is C36H55BN6O4. The number of nitrogens with zero attached hydrogens (tertiary/aromatic N) is 4. The molecule has 1 saturated heterocycles. The van der Waals surface area contributed by atoms with Gasteiger partial charge in [0.25, 0.3) is 0 Å². The van der Waals surface area contributed by atoms with Gasteiger partial charge < -0.3 is 20.1 Å². The predicted octanol–water partition coefficient (Wildman–Crippen LogP) is 4.24. The first kappa shape index (κ1) is 38.0. The number of hydrogen-bond acceptors (Lipinski definition) is 9. The summed E-state index contributed by atoms with van der Waals surface area (Å²) in [6.45, 7) is 17.9. The van der Waals surface area contributed by atoms with E-state index >= 15 is 0 Å². The lowest BCUT2D eigenvalue weighted by Gasteiger charge is -2.44. The second kappa shape index (κ2) is 18.2. The molecule has 0 saturated carbocycles. The number of aryl methyl sites for hydroxylation is 1. The predicted molar refractivity (Wildman–Crippen MR) is 188 cm³/mol. The van der Waals surface area contributed by atoms with Gasteiger partial charge in [0.05, 0.1) is 17.9 Å². The van der Waals surface area contributed by atoms with Crippen LogP contribution in [0.3, 0.4) is 0 Å². The summed E-state index contributed by atoms with van der Waals surface area (Å²) in [5.74, 6) is -1.15. The number of terminal acetylenes is 1. The molecule has 1 aliphatic heterocycles. The van der Waals surface area contributed by atoms with Crippen LogP contribution in [0.2, 0.25) is 5.82 Å². The molecule has 3 heterocycles. The van der Waals surface area contributed by atoms with Gasteiger partial charge in [-0.1, -0.05) is 50.4 Å². The summed E-state index contributed by atoms with van der Waals surface area (Å²) in [4.78, 5) is 31.5. The molecule has 11 heteroatoms. The Morgan fingerprint density at radius 3 is 2.68 bits per heavy atom. The second-order valence-electron chi connectivity index (χ2n) is 13.6. The fourth-order valence-electron chi connectivity index (χ4n) is 6.90. The molecule has 2 aromatic heterocycles. The Bertz CT molecular complexity index is 1330. The third-order valence-electron chi connectivity index (χ3n) is 10.0. The minimum atomic E-state index is -1.08. The zero-order valence-electron chi connectivity index (χ0n) is 29.4. The number of esters is 1. The van der Waals surface area contributed by atoms with Gasteiger partial charge in [-0.2, -0.15) is 0 Å². The second-order valence-corrected chi connectivity index (χ2v) is 13.6. The maximum atomic E-state index is 13.6. The topological polar surface area (TPSA) is 120 Å². The maximum Gasteiger partial charge on any atom is 0.316 e. The normalized spacial score (nSPS) is 31.2. The summed E-state index contributed by atoms with van der Waals surface area (Å²) >= 11 is 0. The van der Waals surface area contributed by atoms with Crippen LogP contribution in [0.1, 0.15) is 73.6 Å². The Balaban J connectivity index is 1.80. The van der Waals surface area contributed by atoms with E-state index in [2.05, 4.69) is 60.3 Å². The molecule has 2 aromatic rings. The molecule has 1 fully saturated rings. The molecule has 2 N–H and O–H groups in total. The van der Waals surface area contributed by atoms with Crippen molar-refractivity contribution >= 4 is 19.6 Å². The number of nitrogens with one attached hydrogen (secondary N) is 2. The van der Waals surface area contributed by atoms with Crippen molar-refractivity contribution in [2.45, 2.75) is 110 Å². The van der Waals surface area contributed by atoms with Crippen LogP contribution in [0.4, 0.5) is 0 Å². The van der Waals surface area contributed by atoms with Gasteiger partial charge in [0, 0.05) is 24.7 Å². The van der Waals surface area contributed by atoms with Crippen molar-refractivity contribution in [3.05, 3.63) is 43.2 Å². The van der Waals surface area contributed by atoms with Gasteiger partial charge in [-0.25, -0.2) is 0 Å². The molecule has 0 radical (unpaired) electrons. The smallest absolute Gasteiger partial charge is 0.316 e. The molecule has 0 unspecified atom stereocenters. The third-order valence-corrected chi connectivity index (χ3v) is 10.0. The van der Waals surface area contributed by atoms with Gasteiger partial charge in [-0.05, 0) is 89.9 Å². The molecule has 0 spiro atoms. The van der Waals surface area contributed by atoms with E-state index in [0.717, 1.165) is 43.6 Å². The Hall–Kier alpha value is -3.49. The Morgan fingerprint density at radius 2 is 2.02 bits per heavy atom. The van der Waals surface area contributed by atoms with E-state index in [1.807, 2.05) is 55.9 Å². The number of hydrogen-bond donors (Lipinski definition) is 2. The molecular weight excluding hydrogens is 591 g/mol. The standard InChI is InChI=1S/C36H55BN6O4/c1-9-16-28-21-24(4)22-40-27(7)34(39-19-14-15-20-43-23-30(41-42-43)29-17-12-13-18-38-29)36(8,46-11-3)31(10-2)47-35(45)26(6)33(44)25(5)32(28)37/h3,9,12-13,17-18,23-28,31-32,34,39-40H,1,10,14-16,19-22,37H2,2,4-8H3/t24-,25-,26-,27-,28+,31-,32-,34-,36-/m1/s1. The molecule has 0 amide bonds. The average Bonchev–Trinajstić information content (AvgIpc) is 3.55. The van der Waals surface area contributed by atoms with Gasteiger partial charge in [0.1, 0.15) is 37.5 Å². The van der Waals surface area contributed by atoms with Crippen LogP contribution < -0.4 is 10.6 Å². The van der Waals surface area contributed by atoms with Crippen molar-refractivity contribution in [2.24, 2.45) is 23.7 Å². The first-order chi connectivity index (χ1) is 22.5. The van der Waals surface area contributed by atoms with Crippen molar-refractivity contribution in [1.29, 1.82) is 0 Å². The van der Waals surface area contributed by atoms with Crippen LogP contribution in [0.15, 0.2) is 43.2 Å². The van der Waals surface area contributed by atoms with Gasteiger partial charge >= 0.3 is 5.97 Å². The molecule has 47 heavy (non-hydrogen) atoms. The number of cyclic esters (lactones) is 1. The van der Waals surface area contributed by atoms with E-state index in [0.29, 0.717) is 25.4 Å². The summed E-state index contributed by atoms with van der Waals surface area (Å²) in [7, 11) is 2.12. The molecule has 10 nitrogen and oxygen atoms in total. The highest BCUT2D eigenvalue weighted by Crippen LogP contribution is 2.35. The highest BCUT2D eigenvalue weighted by molar-refractivity contribution is 6.15. The fourth-order valence-corrected chi connectivity index (χ4v) is 6.90. The van der Waals surface area contributed by atoms with Gasteiger partial charge in [0.15, 0.2) is 5.60 Å². The van der Waals surface area contributed by atoms with Gasteiger partial charge in [0.2, 0.25) is 0 Å². The number of allylic oxidation sites excluding steroid dienone is 1. The number of ketones is 1. The van der Waals surface area contributed by atoms with E-state index in [4.69, 9.17) is 15.9 Å². The van der Waals surface area contributed by atoms with E-state index in [1.165, 1.54) is 0 Å². The summed E-state index contributed by atoms with van der Waals surface area (Å²) < 4.78 is 14.0. The fraction of sp³-hybridized carbons (Fsp3) is 0.639. The van der Waals surface area contributed by atoms with Crippen molar-refractivity contribution in [3.63, 3.8) is 0 Å². The van der Waals surface area contributed by atoms with E-state index in [9.17, 15) is 9.59 Å². The molecule has 0 aliphatic carbocycles. The van der Waals surface area contributed by atoms with Gasteiger partial charge in [-0.3, -0.25) is 19.3 Å². The summed E-state index contributed by atoms with van der Waals surface area (Å²) in [5, 5.41) is 16.0.